The summed E-state index contributed by atoms with van der Waals surface area (Å²) in [4.78, 5) is 0. The zero-order valence-corrected chi connectivity index (χ0v) is 10.5. The highest BCUT2D eigenvalue weighted by atomic mass is 16.3. The van der Waals surface area contributed by atoms with E-state index in [1.165, 1.54) is 0 Å². The normalized spacial score (nSPS) is 14.8. The summed E-state index contributed by atoms with van der Waals surface area (Å²) < 4.78 is 1.83. The van der Waals surface area contributed by atoms with Crippen molar-refractivity contribution in [1.82, 2.24) is 9.78 Å². The number of nitrogen functional groups attached to an aromatic ring is 1. The summed E-state index contributed by atoms with van der Waals surface area (Å²) in [6.45, 7) is 8.71. The summed E-state index contributed by atoms with van der Waals surface area (Å²) in [6, 6.07) is 0. The molecule has 1 aromatic heterocycles. The van der Waals surface area contributed by atoms with Crippen molar-refractivity contribution in [1.29, 1.82) is 0 Å². The highest BCUT2D eigenvalue weighted by Crippen LogP contribution is 2.26. The Kier molecular flexibility index (Phi) is 3.80. The Morgan fingerprint density at radius 3 is 2.56 bits per heavy atom. The van der Waals surface area contributed by atoms with E-state index in [2.05, 4.69) is 10.4 Å². The van der Waals surface area contributed by atoms with Crippen LogP contribution in [-0.2, 0) is 6.54 Å². The van der Waals surface area contributed by atoms with Gasteiger partial charge in [-0.25, -0.2) is 4.68 Å². The predicted molar refractivity (Wildman–Crippen MR) is 66.5 cm³/mol. The largest absolute Gasteiger partial charge is 0.394 e. The minimum Gasteiger partial charge on any atom is -0.394 e. The minimum atomic E-state index is -0.354. The first-order chi connectivity index (χ1) is 7.47. The number of aryl methyl sites for hydroxylation is 2. The first-order valence-electron chi connectivity index (χ1n) is 5.69. The molecule has 1 aromatic rings. The molecule has 0 amide bonds. The van der Waals surface area contributed by atoms with Crippen molar-refractivity contribution in [3.05, 3.63) is 5.69 Å². The Hall–Kier alpha value is -1.23. The molecular formula is C11H22N4O. The van der Waals surface area contributed by atoms with Crippen LogP contribution in [0.5, 0.6) is 0 Å². The van der Waals surface area contributed by atoms with Gasteiger partial charge >= 0.3 is 0 Å². The average molecular weight is 226 g/mol. The summed E-state index contributed by atoms with van der Waals surface area (Å²) in [5.41, 5.74) is 7.10. The SMILES string of the molecule is CCn1nc(C)c(N)c1NC(C)(CC)CO. The molecular weight excluding hydrogens is 204 g/mol. The van der Waals surface area contributed by atoms with Gasteiger partial charge in [0.15, 0.2) is 0 Å². The summed E-state index contributed by atoms with van der Waals surface area (Å²) in [6.07, 6.45) is 0.816. The smallest absolute Gasteiger partial charge is 0.148 e. The fourth-order valence-electron chi connectivity index (χ4n) is 1.48. The molecule has 0 radical (unpaired) electrons. The van der Waals surface area contributed by atoms with Gasteiger partial charge in [0.1, 0.15) is 5.82 Å². The van der Waals surface area contributed by atoms with Crippen LogP contribution >= 0.6 is 0 Å². The van der Waals surface area contributed by atoms with E-state index in [1.807, 2.05) is 32.4 Å². The molecule has 0 fully saturated rings. The summed E-state index contributed by atoms with van der Waals surface area (Å²) in [5.74, 6) is 0.804. The van der Waals surface area contributed by atoms with Crippen LogP contribution in [-0.4, -0.2) is 27.0 Å². The van der Waals surface area contributed by atoms with Gasteiger partial charge in [0.2, 0.25) is 0 Å². The van der Waals surface area contributed by atoms with Gasteiger partial charge < -0.3 is 16.2 Å². The lowest BCUT2D eigenvalue weighted by Gasteiger charge is -2.28. The van der Waals surface area contributed by atoms with E-state index in [4.69, 9.17) is 5.73 Å². The quantitative estimate of drug-likeness (QED) is 0.708. The molecule has 0 spiro atoms. The van der Waals surface area contributed by atoms with Gasteiger partial charge in [0, 0.05) is 6.54 Å². The number of hydrogen-bond donors (Lipinski definition) is 3. The van der Waals surface area contributed by atoms with Gasteiger partial charge in [-0.05, 0) is 27.2 Å². The van der Waals surface area contributed by atoms with Gasteiger partial charge in [-0.2, -0.15) is 5.10 Å². The third-order valence-corrected chi connectivity index (χ3v) is 3.02. The Morgan fingerprint density at radius 1 is 1.50 bits per heavy atom. The number of nitrogens with zero attached hydrogens (tertiary/aromatic N) is 2. The molecule has 4 N–H and O–H groups in total. The number of hydrogen-bond acceptors (Lipinski definition) is 4. The van der Waals surface area contributed by atoms with Crippen molar-refractivity contribution in [2.24, 2.45) is 0 Å². The molecule has 0 saturated carbocycles. The van der Waals surface area contributed by atoms with Crippen molar-refractivity contribution >= 4 is 11.5 Å². The highest BCUT2D eigenvalue weighted by Gasteiger charge is 2.24. The molecule has 0 aliphatic rings. The molecule has 0 aliphatic carbocycles. The average Bonchev–Trinajstić information content (AvgIpc) is 2.56. The number of nitrogens with one attached hydrogen (secondary N) is 1. The van der Waals surface area contributed by atoms with Crippen molar-refractivity contribution in [3.8, 4) is 0 Å². The molecule has 1 atom stereocenters. The van der Waals surface area contributed by atoms with Crippen LogP contribution in [0.2, 0.25) is 0 Å². The van der Waals surface area contributed by atoms with Gasteiger partial charge in [-0.3, -0.25) is 0 Å². The van der Waals surface area contributed by atoms with Crippen LogP contribution in [0.25, 0.3) is 0 Å². The van der Waals surface area contributed by atoms with Crippen molar-refractivity contribution < 1.29 is 5.11 Å². The van der Waals surface area contributed by atoms with Crippen LogP contribution in [0.4, 0.5) is 11.5 Å². The second-order valence-electron chi connectivity index (χ2n) is 4.36. The number of aliphatic hydroxyl groups is 1. The molecule has 0 aromatic carbocycles. The third-order valence-electron chi connectivity index (χ3n) is 3.02. The van der Waals surface area contributed by atoms with Crippen molar-refractivity contribution in [3.63, 3.8) is 0 Å². The predicted octanol–water partition coefficient (Wildman–Crippen LogP) is 1.37. The first kappa shape index (κ1) is 12.8. The van der Waals surface area contributed by atoms with Crippen LogP contribution in [0.15, 0.2) is 0 Å². The lowest BCUT2D eigenvalue weighted by atomic mass is 10.0. The van der Waals surface area contributed by atoms with E-state index in [9.17, 15) is 5.11 Å². The van der Waals surface area contributed by atoms with Gasteiger partial charge in [0.25, 0.3) is 0 Å². The Balaban J connectivity index is 3.04. The molecule has 5 nitrogen and oxygen atoms in total. The second-order valence-corrected chi connectivity index (χ2v) is 4.36. The molecule has 1 heterocycles. The molecule has 92 valence electrons. The maximum Gasteiger partial charge on any atom is 0.148 e. The van der Waals surface area contributed by atoms with E-state index >= 15 is 0 Å². The number of nitrogens with two attached hydrogens (primary N) is 1. The zero-order valence-electron chi connectivity index (χ0n) is 10.5. The Bertz CT molecular complexity index is 355. The van der Waals surface area contributed by atoms with E-state index < -0.39 is 0 Å². The lowest BCUT2D eigenvalue weighted by Crippen LogP contribution is -2.39. The number of aliphatic hydroxyl groups excluding tert-OH is 1. The molecule has 16 heavy (non-hydrogen) atoms. The fraction of sp³-hybridized carbons (Fsp3) is 0.727. The molecule has 0 aliphatic heterocycles. The third kappa shape index (κ3) is 2.29. The molecule has 1 unspecified atom stereocenters. The van der Waals surface area contributed by atoms with Crippen molar-refractivity contribution in [2.45, 2.75) is 46.2 Å². The van der Waals surface area contributed by atoms with E-state index in [0.717, 1.165) is 24.5 Å². The van der Waals surface area contributed by atoms with Crippen LogP contribution in [0, 0.1) is 6.92 Å². The molecule has 0 saturated heterocycles. The van der Waals surface area contributed by atoms with Crippen LogP contribution < -0.4 is 11.1 Å². The maximum atomic E-state index is 9.37. The van der Waals surface area contributed by atoms with Crippen LogP contribution in [0.3, 0.4) is 0 Å². The second kappa shape index (κ2) is 4.74. The molecule has 1 rings (SSSR count). The number of rotatable bonds is 5. The maximum absolute atomic E-state index is 9.37. The molecule has 0 bridgehead atoms. The van der Waals surface area contributed by atoms with Crippen LogP contribution in [0.1, 0.15) is 32.9 Å². The summed E-state index contributed by atoms with van der Waals surface area (Å²) in [7, 11) is 0. The van der Waals surface area contributed by atoms with Crippen molar-refractivity contribution in [2.75, 3.05) is 17.7 Å². The Morgan fingerprint density at radius 2 is 2.12 bits per heavy atom. The standard InChI is InChI=1S/C11H22N4O/c1-5-11(4,7-16)13-10-9(12)8(3)14-15(10)6-2/h13,16H,5-7,12H2,1-4H3. The summed E-state index contributed by atoms with van der Waals surface area (Å²) in [5, 5.41) is 17.0. The fourth-order valence-corrected chi connectivity index (χ4v) is 1.48. The highest BCUT2D eigenvalue weighted by molar-refractivity contribution is 5.65. The van der Waals surface area contributed by atoms with Gasteiger partial charge in [-0.1, -0.05) is 6.92 Å². The number of aromatic nitrogens is 2. The summed E-state index contributed by atoms with van der Waals surface area (Å²) >= 11 is 0. The first-order valence-corrected chi connectivity index (χ1v) is 5.69. The molecule has 5 heteroatoms. The van der Waals surface area contributed by atoms with Gasteiger partial charge in [-0.15, -0.1) is 0 Å². The zero-order chi connectivity index (χ0) is 12.3. The van der Waals surface area contributed by atoms with E-state index in [1.54, 1.807) is 0 Å². The Labute approximate surface area is 96.6 Å². The minimum absolute atomic E-state index is 0.0664. The van der Waals surface area contributed by atoms with Gasteiger partial charge in [0.05, 0.1) is 23.5 Å². The number of anilines is 2. The monoisotopic (exact) mass is 226 g/mol. The van der Waals surface area contributed by atoms with E-state index in [0.29, 0.717) is 5.69 Å². The topological polar surface area (TPSA) is 76.1 Å². The van der Waals surface area contributed by atoms with E-state index in [-0.39, 0.29) is 12.1 Å². The lowest BCUT2D eigenvalue weighted by molar-refractivity contribution is 0.218.